The predicted molar refractivity (Wildman–Crippen MR) is 167 cm³/mol. The second-order valence-corrected chi connectivity index (χ2v) is 11.5. The summed E-state index contributed by atoms with van der Waals surface area (Å²) in [5, 5.41) is 6.88. The number of benzene rings is 2. The number of nitrogens with two attached hydrogens (primary N) is 1. The normalized spacial score (nSPS) is 17.4. The van der Waals surface area contributed by atoms with Crippen LogP contribution in [0.25, 0.3) is 11.1 Å². The lowest BCUT2D eigenvalue weighted by Gasteiger charge is -2.32. The highest BCUT2D eigenvalue weighted by atomic mass is 16.1. The number of piperazine rings is 1. The molecule has 3 heterocycles. The Morgan fingerprint density at radius 2 is 1.46 bits per heavy atom. The molecule has 2 aliphatic rings. The van der Waals surface area contributed by atoms with Crippen molar-refractivity contribution >= 4 is 23.2 Å². The first-order valence-electron chi connectivity index (χ1n) is 14.9. The van der Waals surface area contributed by atoms with E-state index in [0.29, 0.717) is 23.8 Å². The Morgan fingerprint density at radius 1 is 0.854 bits per heavy atom. The molecule has 1 amide bonds. The van der Waals surface area contributed by atoms with Crippen LogP contribution in [0.1, 0.15) is 41.5 Å². The van der Waals surface area contributed by atoms with Gasteiger partial charge in [0.2, 0.25) is 0 Å². The third-order valence-corrected chi connectivity index (χ3v) is 8.34. The number of likely N-dealkylation sites (tertiary alicyclic amines) is 1. The maximum Gasteiger partial charge on any atom is 0.271 e. The molecule has 0 saturated carbocycles. The van der Waals surface area contributed by atoms with Gasteiger partial charge in [0.25, 0.3) is 5.91 Å². The van der Waals surface area contributed by atoms with Crippen LogP contribution in [-0.4, -0.2) is 96.5 Å². The summed E-state index contributed by atoms with van der Waals surface area (Å²) in [5.41, 5.74) is 11.3. The SMILES string of the molecule is CCc1nc(C(N)=O)c(NC2CCN(C)CC2)nc1Nc1ccc(-c2ccc(CCN3CCN(C)CC3)cc2)cc1. The number of hydrogen-bond donors (Lipinski definition) is 3. The fourth-order valence-electron chi connectivity index (χ4n) is 5.54. The molecule has 41 heavy (non-hydrogen) atoms. The van der Waals surface area contributed by atoms with Crippen molar-refractivity contribution in [1.29, 1.82) is 0 Å². The summed E-state index contributed by atoms with van der Waals surface area (Å²) in [6.45, 7) is 9.75. The van der Waals surface area contributed by atoms with E-state index in [1.807, 2.05) is 6.92 Å². The van der Waals surface area contributed by atoms with Gasteiger partial charge in [0.1, 0.15) is 0 Å². The predicted octanol–water partition coefficient (Wildman–Crippen LogP) is 3.84. The Labute approximate surface area is 244 Å². The summed E-state index contributed by atoms with van der Waals surface area (Å²) in [4.78, 5) is 28.9. The summed E-state index contributed by atoms with van der Waals surface area (Å²) >= 11 is 0. The topological polar surface area (TPSA) is 103 Å². The van der Waals surface area contributed by atoms with Gasteiger partial charge in [-0.2, -0.15) is 0 Å². The van der Waals surface area contributed by atoms with E-state index >= 15 is 0 Å². The average molecular weight is 557 g/mol. The molecule has 0 aliphatic carbocycles. The van der Waals surface area contributed by atoms with Gasteiger partial charge in [-0.3, -0.25) is 4.79 Å². The van der Waals surface area contributed by atoms with Gasteiger partial charge in [-0.25, -0.2) is 9.97 Å². The van der Waals surface area contributed by atoms with Crippen molar-refractivity contribution in [3.05, 3.63) is 65.5 Å². The number of rotatable bonds is 10. The Balaban J connectivity index is 1.24. The van der Waals surface area contributed by atoms with Crippen LogP contribution in [0.4, 0.5) is 17.3 Å². The van der Waals surface area contributed by atoms with Crippen molar-refractivity contribution in [3.8, 4) is 11.1 Å². The van der Waals surface area contributed by atoms with Crippen molar-refractivity contribution in [2.75, 3.05) is 70.5 Å². The first kappa shape index (κ1) is 29.0. The molecule has 218 valence electrons. The van der Waals surface area contributed by atoms with Gasteiger partial charge >= 0.3 is 0 Å². The van der Waals surface area contributed by atoms with E-state index in [4.69, 9.17) is 10.7 Å². The van der Waals surface area contributed by atoms with E-state index in [2.05, 4.69) is 92.9 Å². The van der Waals surface area contributed by atoms with E-state index in [-0.39, 0.29) is 11.7 Å². The van der Waals surface area contributed by atoms with Gasteiger partial charge in [-0.1, -0.05) is 43.3 Å². The Morgan fingerprint density at radius 3 is 2.07 bits per heavy atom. The first-order valence-corrected chi connectivity index (χ1v) is 14.9. The van der Waals surface area contributed by atoms with E-state index in [0.717, 1.165) is 76.3 Å². The quantitative estimate of drug-likeness (QED) is 0.346. The Kier molecular flexibility index (Phi) is 9.49. The number of carbonyl (C=O) groups excluding carboxylic acids is 1. The number of anilines is 3. The number of carbonyl (C=O) groups is 1. The molecule has 9 nitrogen and oxygen atoms in total. The van der Waals surface area contributed by atoms with Gasteiger partial charge in [0.15, 0.2) is 17.3 Å². The van der Waals surface area contributed by atoms with Crippen molar-refractivity contribution in [2.45, 2.75) is 38.6 Å². The molecule has 0 spiro atoms. The molecule has 9 heteroatoms. The van der Waals surface area contributed by atoms with E-state index in [1.165, 1.54) is 11.1 Å². The highest BCUT2D eigenvalue weighted by molar-refractivity contribution is 5.96. The van der Waals surface area contributed by atoms with Crippen LogP contribution in [0.15, 0.2) is 48.5 Å². The third-order valence-electron chi connectivity index (χ3n) is 8.34. The number of hydrogen-bond acceptors (Lipinski definition) is 8. The minimum Gasteiger partial charge on any atom is -0.365 e. The van der Waals surface area contributed by atoms with Crippen LogP contribution in [0.5, 0.6) is 0 Å². The van der Waals surface area contributed by atoms with Crippen LogP contribution < -0.4 is 16.4 Å². The average Bonchev–Trinajstić information content (AvgIpc) is 2.99. The zero-order valence-corrected chi connectivity index (χ0v) is 24.7. The second kappa shape index (κ2) is 13.4. The zero-order chi connectivity index (χ0) is 28.8. The number of nitrogens with zero attached hydrogens (tertiary/aromatic N) is 5. The van der Waals surface area contributed by atoms with Gasteiger partial charge in [-0.15, -0.1) is 0 Å². The van der Waals surface area contributed by atoms with Gasteiger partial charge in [0.05, 0.1) is 5.69 Å². The fourth-order valence-corrected chi connectivity index (χ4v) is 5.54. The Hall–Kier alpha value is -3.53. The van der Waals surface area contributed by atoms with Gasteiger partial charge in [0, 0.05) is 44.5 Å². The van der Waals surface area contributed by atoms with Crippen LogP contribution in [0, 0.1) is 0 Å². The minimum absolute atomic E-state index is 0.202. The zero-order valence-electron chi connectivity index (χ0n) is 24.7. The van der Waals surface area contributed by atoms with E-state index < -0.39 is 5.91 Å². The molecule has 2 saturated heterocycles. The van der Waals surface area contributed by atoms with Crippen molar-refractivity contribution in [3.63, 3.8) is 0 Å². The number of piperidine rings is 1. The lowest BCUT2D eigenvalue weighted by Crippen LogP contribution is -2.45. The molecule has 2 aromatic carbocycles. The number of amides is 1. The molecule has 4 N–H and O–H groups in total. The summed E-state index contributed by atoms with van der Waals surface area (Å²) in [7, 11) is 4.32. The highest BCUT2D eigenvalue weighted by Crippen LogP contribution is 2.27. The van der Waals surface area contributed by atoms with E-state index in [1.54, 1.807) is 0 Å². The number of nitrogens with one attached hydrogen (secondary N) is 2. The monoisotopic (exact) mass is 556 g/mol. The molecule has 0 atom stereocenters. The van der Waals surface area contributed by atoms with Crippen molar-refractivity contribution < 1.29 is 4.79 Å². The first-order chi connectivity index (χ1) is 19.9. The number of likely N-dealkylation sites (N-methyl/N-ethyl adjacent to an activating group) is 1. The molecule has 1 aromatic heterocycles. The second-order valence-electron chi connectivity index (χ2n) is 11.5. The number of aromatic nitrogens is 2. The highest BCUT2D eigenvalue weighted by Gasteiger charge is 2.22. The lowest BCUT2D eigenvalue weighted by atomic mass is 10.0. The minimum atomic E-state index is -0.566. The molecular formula is C32H44N8O. The summed E-state index contributed by atoms with van der Waals surface area (Å²) in [5.74, 6) is 0.533. The molecule has 0 unspecified atom stereocenters. The van der Waals surface area contributed by atoms with Crippen LogP contribution in [-0.2, 0) is 12.8 Å². The Bertz CT molecular complexity index is 1290. The lowest BCUT2D eigenvalue weighted by molar-refractivity contribution is 0.0996. The molecule has 2 aliphatic heterocycles. The van der Waals surface area contributed by atoms with Crippen LogP contribution >= 0.6 is 0 Å². The smallest absolute Gasteiger partial charge is 0.271 e. The molecule has 0 radical (unpaired) electrons. The van der Waals surface area contributed by atoms with Crippen molar-refractivity contribution in [1.82, 2.24) is 24.7 Å². The molecule has 3 aromatic rings. The third kappa shape index (κ3) is 7.61. The molecule has 5 rings (SSSR count). The summed E-state index contributed by atoms with van der Waals surface area (Å²) < 4.78 is 0. The van der Waals surface area contributed by atoms with Gasteiger partial charge < -0.3 is 31.1 Å². The largest absolute Gasteiger partial charge is 0.365 e. The van der Waals surface area contributed by atoms with E-state index in [9.17, 15) is 4.79 Å². The summed E-state index contributed by atoms with van der Waals surface area (Å²) in [6.07, 6.45) is 3.67. The van der Waals surface area contributed by atoms with Crippen LogP contribution in [0.2, 0.25) is 0 Å². The van der Waals surface area contributed by atoms with Crippen LogP contribution in [0.3, 0.4) is 0 Å². The fraction of sp³-hybridized carbons (Fsp3) is 0.469. The maximum absolute atomic E-state index is 12.2. The van der Waals surface area contributed by atoms with Crippen molar-refractivity contribution in [2.24, 2.45) is 5.73 Å². The molecular weight excluding hydrogens is 512 g/mol. The van der Waals surface area contributed by atoms with Gasteiger partial charge in [-0.05, 0) is 81.7 Å². The number of aryl methyl sites for hydroxylation is 1. The molecule has 2 fully saturated rings. The molecule has 0 bridgehead atoms. The maximum atomic E-state index is 12.2. The number of primary amides is 1. The standard InChI is InChI=1S/C32H44N8O/c1-4-28-31(37-32(29(36-28)30(33)41)35-27-14-16-38(2)17-15-27)34-26-11-9-25(10-12-26)24-7-5-23(6-8-24)13-18-40-21-19-39(3)20-22-40/h5-12,27H,4,13-22H2,1-3H3,(H2,33,41)(H2,34,35,37). The summed E-state index contributed by atoms with van der Waals surface area (Å²) in [6, 6.07) is 17.5.